The minimum Gasteiger partial charge on any atom is -0.300 e. The summed E-state index contributed by atoms with van der Waals surface area (Å²) in [6.45, 7) is 3.59. The van der Waals surface area contributed by atoms with E-state index in [0.29, 0.717) is 6.42 Å². The molecule has 0 amide bonds. The first kappa shape index (κ1) is 11.2. The van der Waals surface area contributed by atoms with Crippen molar-refractivity contribution in [3.05, 3.63) is 12.2 Å². The lowest BCUT2D eigenvalue weighted by molar-refractivity contribution is -0.131. The number of hydrogen-bond acceptors (Lipinski definition) is 2. The molecule has 1 aliphatic carbocycles. The second-order valence-corrected chi connectivity index (χ2v) is 3.98. The van der Waals surface area contributed by atoms with Gasteiger partial charge in [-0.2, -0.15) is 0 Å². The number of carbonyl (C=O) groups excluding carboxylic acids is 2. The number of carbonyl (C=O) groups is 2. The molecule has 2 unspecified atom stereocenters. The van der Waals surface area contributed by atoms with E-state index < -0.39 is 0 Å². The first-order valence-corrected chi connectivity index (χ1v) is 5.35. The first-order chi connectivity index (χ1) is 6.66. The van der Waals surface area contributed by atoms with Crippen molar-refractivity contribution in [3.8, 4) is 0 Å². The Hall–Kier alpha value is -0.920. The fourth-order valence-corrected chi connectivity index (χ4v) is 2.05. The molecule has 1 aliphatic rings. The molecule has 2 heteroatoms. The van der Waals surface area contributed by atoms with Gasteiger partial charge in [0.05, 0.1) is 0 Å². The number of rotatable bonds is 4. The fourth-order valence-electron chi connectivity index (χ4n) is 2.05. The van der Waals surface area contributed by atoms with Crippen LogP contribution in [0.3, 0.4) is 0 Å². The van der Waals surface area contributed by atoms with Crippen molar-refractivity contribution in [2.75, 3.05) is 0 Å². The van der Waals surface area contributed by atoms with Gasteiger partial charge in [-0.15, -0.1) is 0 Å². The van der Waals surface area contributed by atoms with Crippen molar-refractivity contribution in [1.29, 1.82) is 0 Å². The normalized spacial score (nSPS) is 26.1. The van der Waals surface area contributed by atoms with Gasteiger partial charge in [-0.1, -0.05) is 19.1 Å². The number of allylic oxidation sites excluding steroid dienone is 2. The molecule has 0 N–H and O–H groups in total. The highest BCUT2D eigenvalue weighted by Gasteiger charge is 2.30. The summed E-state index contributed by atoms with van der Waals surface area (Å²) >= 11 is 0. The van der Waals surface area contributed by atoms with E-state index in [9.17, 15) is 9.59 Å². The Bertz CT molecular complexity index is 253. The molecule has 1 rings (SSSR count). The van der Waals surface area contributed by atoms with Crippen LogP contribution in [0.1, 0.15) is 39.5 Å². The Kier molecular flexibility index (Phi) is 4.05. The second kappa shape index (κ2) is 5.08. The van der Waals surface area contributed by atoms with Gasteiger partial charge >= 0.3 is 0 Å². The van der Waals surface area contributed by atoms with Gasteiger partial charge in [0.2, 0.25) is 0 Å². The average molecular weight is 194 g/mol. The van der Waals surface area contributed by atoms with E-state index in [1.165, 1.54) is 0 Å². The Morgan fingerprint density at radius 1 is 1.21 bits per heavy atom. The van der Waals surface area contributed by atoms with Crippen molar-refractivity contribution < 1.29 is 9.59 Å². The lowest BCUT2D eigenvalue weighted by atomic mass is 9.77. The summed E-state index contributed by atoms with van der Waals surface area (Å²) < 4.78 is 0. The predicted octanol–water partition coefficient (Wildman–Crippen LogP) is 2.53. The lowest BCUT2D eigenvalue weighted by Crippen LogP contribution is -2.29. The van der Waals surface area contributed by atoms with Gasteiger partial charge < -0.3 is 0 Å². The van der Waals surface area contributed by atoms with Crippen LogP contribution in [0.4, 0.5) is 0 Å². The standard InChI is InChI=1S/C12H18O2/c1-3-6-12(14)11-8-5-4-7-10(11)9(2)13/h4-5,10-11H,3,6-8H2,1-2H3. The van der Waals surface area contributed by atoms with Crippen LogP contribution in [0.5, 0.6) is 0 Å². The Morgan fingerprint density at radius 3 is 2.29 bits per heavy atom. The molecule has 0 aliphatic heterocycles. The van der Waals surface area contributed by atoms with Gasteiger partial charge in [0.25, 0.3) is 0 Å². The molecule has 78 valence electrons. The minimum atomic E-state index is -0.0564. The van der Waals surface area contributed by atoms with Crippen molar-refractivity contribution in [2.24, 2.45) is 11.8 Å². The molecule has 0 fully saturated rings. The summed E-state index contributed by atoms with van der Waals surface area (Å²) in [7, 11) is 0. The molecule has 0 heterocycles. The van der Waals surface area contributed by atoms with Crippen molar-refractivity contribution >= 4 is 11.6 Å². The molecule has 0 saturated carbocycles. The molecule has 0 saturated heterocycles. The molecular formula is C12H18O2. The smallest absolute Gasteiger partial charge is 0.137 e. The number of ketones is 2. The minimum absolute atomic E-state index is 0.0440. The predicted molar refractivity (Wildman–Crippen MR) is 56.0 cm³/mol. The van der Waals surface area contributed by atoms with Crippen LogP contribution in [-0.4, -0.2) is 11.6 Å². The summed E-state index contributed by atoms with van der Waals surface area (Å²) in [5, 5.41) is 0. The third-order valence-electron chi connectivity index (χ3n) is 2.86. The lowest BCUT2D eigenvalue weighted by Gasteiger charge is -2.25. The van der Waals surface area contributed by atoms with E-state index in [-0.39, 0.29) is 23.4 Å². The van der Waals surface area contributed by atoms with Crippen LogP contribution in [0.25, 0.3) is 0 Å². The van der Waals surface area contributed by atoms with E-state index in [1.54, 1.807) is 6.92 Å². The van der Waals surface area contributed by atoms with Gasteiger partial charge in [0.1, 0.15) is 11.6 Å². The zero-order valence-corrected chi connectivity index (χ0v) is 8.95. The van der Waals surface area contributed by atoms with Gasteiger partial charge in [-0.25, -0.2) is 0 Å². The summed E-state index contributed by atoms with van der Waals surface area (Å²) in [5.41, 5.74) is 0. The highest BCUT2D eigenvalue weighted by Crippen LogP contribution is 2.28. The Labute approximate surface area is 85.4 Å². The Morgan fingerprint density at radius 2 is 1.79 bits per heavy atom. The van der Waals surface area contributed by atoms with Gasteiger partial charge in [0.15, 0.2) is 0 Å². The maximum atomic E-state index is 11.7. The summed E-state index contributed by atoms with van der Waals surface area (Å²) in [6.07, 6.45) is 7.03. The van der Waals surface area contributed by atoms with E-state index in [4.69, 9.17) is 0 Å². The van der Waals surface area contributed by atoms with Gasteiger partial charge in [0, 0.05) is 18.3 Å². The summed E-state index contributed by atoms with van der Waals surface area (Å²) in [4.78, 5) is 23.1. The maximum Gasteiger partial charge on any atom is 0.137 e. The van der Waals surface area contributed by atoms with Gasteiger partial charge in [-0.05, 0) is 26.2 Å². The van der Waals surface area contributed by atoms with Crippen LogP contribution in [0, 0.1) is 11.8 Å². The fraction of sp³-hybridized carbons (Fsp3) is 0.667. The topological polar surface area (TPSA) is 34.1 Å². The average Bonchev–Trinajstić information content (AvgIpc) is 2.18. The van der Waals surface area contributed by atoms with E-state index in [1.807, 2.05) is 19.1 Å². The van der Waals surface area contributed by atoms with Crippen molar-refractivity contribution in [2.45, 2.75) is 39.5 Å². The SMILES string of the molecule is CCCC(=O)C1CC=CCC1C(C)=O. The van der Waals surface area contributed by atoms with Crippen LogP contribution in [-0.2, 0) is 9.59 Å². The maximum absolute atomic E-state index is 11.7. The number of Topliss-reactive ketones (excluding diaryl/α,β-unsaturated/α-hetero) is 2. The third-order valence-corrected chi connectivity index (χ3v) is 2.86. The van der Waals surface area contributed by atoms with Crippen LogP contribution in [0.15, 0.2) is 12.2 Å². The van der Waals surface area contributed by atoms with Crippen molar-refractivity contribution in [1.82, 2.24) is 0 Å². The molecule has 0 radical (unpaired) electrons. The second-order valence-electron chi connectivity index (χ2n) is 3.98. The van der Waals surface area contributed by atoms with Crippen LogP contribution >= 0.6 is 0 Å². The Balaban J connectivity index is 2.69. The first-order valence-electron chi connectivity index (χ1n) is 5.35. The van der Waals surface area contributed by atoms with Crippen molar-refractivity contribution in [3.63, 3.8) is 0 Å². The van der Waals surface area contributed by atoms with Crippen LogP contribution < -0.4 is 0 Å². The van der Waals surface area contributed by atoms with Gasteiger partial charge in [-0.3, -0.25) is 9.59 Å². The highest BCUT2D eigenvalue weighted by atomic mass is 16.1. The molecule has 0 bridgehead atoms. The highest BCUT2D eigenvalue weighted by molar-refractivity contribution is 5.89. The van der Waals surface area contributed by atoms with E-state index in [0.717, 1.165) is 19.3 Å². The summed E-state index contributed by atoms with van der Waals surface area (Å²) in [5.74, 6) is 0.317. The van der Waals surface area contributed by atoms with E-state index >= 15 is 0 Å². The molecule has 0 aromatic heterocycles. The number of hydrogen-bond donors (Lipinski definition) is 0. The molecular weight excluding hydrogens is 176 g/mol. The third kappa shape index (κ3) is 2.53. The quantitative estimate of drug-likeness (QED) is 0.644. The zero-order valence-electron chi connectivity index (χ0n) is 8.95. The van der Waals surface area contributed by atoms with Crippen LogP contribution in [0.2, 0.25) is 0 Å². The molecule has 2 nitrogen and oxygen atoms in total. The monoisotopic (exact) mass is 194 g/mol. The molecule has 14 heavy (non-hydrogen) atoms. The molecule has 0 aromatic rings. The molecule has 0 spiro atoms. The summed E-state index contributed by atoms with van der Waals surface area (Å²) in [6, 6.07) is 0. The largest absolute Gasteiger partial charge is 0.300 e. The molecule has 2 atom stereocenters. The zero-order chi connectivity index (χ0) is 10.6. The molecule has 0 aromatic carbocycles. The van der Waals surface area contributed by atoms with E-state index in [2.05, 4.69) is 0 Å².